The van der Waals surface area contributed by atoms with Crippen molar-refractivity contribution in [2.45, 2.75) is 6.42 Å². The Morgan fingerprint density at radius 2 is 1.92 bits per heavy atom. The molecule has 0 fully saturated rings. The number of fused-ring (bicyclic) bond motifs is 1. The van der Waals surface area contributed by atoms with Crippen LogP contribution in [0.1, 0.15) is 5.56 Å². The summed E-state index contributed by atoms with van der Waals surface area (Å²) in [6, 6.07) is 7.40. The Morgan fingerprint density at radius 3 is 2.58 bits per heavy atom. The summed E-state index contributed by atoms with van der Waals surface area (Å²) in [5.41, 5.74) is 0.273. The fraction of sp³-hybridized carbons (Fsp3) is 0.235. The molecule has 0 radical (unpaired) electrons. The lowest BCUT2D eigenvalue weighted by Gasteiger charge is -2.19. The van der Waals surface area contributed by atoms with Crippen molar-refractivity contribution in [1.29, 1.82) is 0 Å². The average Bonchev–Trinajstić information content (AvgIpc) is 2.62. The molecular formula is C17H14BrNO7. The summed E-state index contributed by atoms with van der Waals surface area (Å²) in [4.78, 5) is 22.8. The molecule has 0 atom stereocenters. The number of hydrogen-bond donors (Lipinski definition) is 0. The van der Waals surface area contributed by atoms with E-state index < -0.39 is 10.9 Å². The first kappa shape index (κ1) is 18.0. The largest absolute Gasteiger partial charge is 0.496 e. The first-order valence-electron chi connectivity index (χ1n) is 7.59. The maximum atomic E-state index is 12.3. The Bertz CT molecular complexity index is 868. The van der Waals surface area contributed by atoms with E-state index in [9.17, 15) is 14.9 Å². The maximum Gasteiger partial charge on any atom is 0.315 e. The molecule has 0 aromatic heterocycles. The number of benzene rings is 2. The smallest absolute Gasteiger partial charge is 0.315 e. The van der Waals surface area contributed by atoms with Crippen molar-refractivity contribution < 1.29 is 28.7 Å². The van der Waals surface area contributed by atoms with E-state index in [1.165, 1.54) is 25.3 Å². The van der Waals surface area contributed by atoms with E-state index in [0.29, 0.717) is 40.5 Å². The number of esters is 1. The Balaban J connectivity index is 1.78. The van der Waals surface area contributed by atoms with Crippen LogP contribution in [0.5, 0.6) is 23.0 Å². The van der Waals surface area contributed by atoms with Crippen LogP contribution in [0, 0.1) is 10.1 Å². The first-order chi connectivity index (χ1) is 12.5. The summed E-state index contributed by atoms with van der Waals surface area (Å²) in [7, 11) is 1.39. The van der Waals surface area contributed by atoms with E-state index in [-0.39, 0.29) is 17.9 Å². The number of hydrogen-bond acceptors (Lipinski definition) is 7. The van der Waals surface area contributed by atoms with Gasteiger partial charge in [-0.25, -0.2) is 0 Å². The van der Waals surface area contributed by atoms with E-state index in [1.54, 1.807) is 12.1 Å². The van der Waals surface area contributed by atoms with Gasteiger partial charge >= 0.3 is 11.7 Å². The van der Waals surface area contributed by atoms with Crippen LogP contribution >= 0.6 is 15.9 Å². The number of ether oxygens (including phenoxy) is 4. The Labute approximate surface area is 156 Å². The minimum Gasteiger partial charge on any atom is -0.496 e. The van der Waals surface area contributed by atoms with Crippen LogP contribution in [-0.2, 0) is 11.2 Å². The Morgan fingerprint density at radius 1 is 1.23 bits per heavy atom. The second-order valence-corrected chi connectivity index (χ2v) is 6.18. The lowest BCUT2D eigenvalue weighted by molar-refractivity contribution is -0.385. The van der Waals surface area contributed by atoms with Crippen LogP contribution < -0.4 is 18.9 Å². The first-order valence-corrected chi connectivity index (χ1v) is 8.38. The predicted octanol–water partition coefficient (Wildman–Crippen LogP) is 3.29. The highest BCUT2D eigenvalue weighted by molar-refractivity contribution is 9.10. The van der Waals surface area contributed by atoms with Crippen molar-refractivity contribution in [3.63, 3.8) is 0 Å². The monoisotopic (exact) mass is 423 g/mol. The molecule has 1 aliphatic rings. The zero-order valence-corrected chi connectivity index (χ0v) is 15.3. The fourth-order valence-electron chi connectivity index (χ4n) is 2.41. The maximum absolute atomic E-state index is 12.3. The van der Waals surface area contributed by atoms with Gasteiger partial charge < -0.3 is 18.9 Å². The third-order valence-electron chi connectivity index (χ3n) is 3.63. The molecule has 0 amide bonds. The summed E-state index contributed by atoms with van der Waals surface area (Å²) in [5, 5.41) is 11.2. The molecule has 0 aliphatic carbocycles. The molecule has 0 N–H and O–H groups in total. The number of methoxy groups -OCH3 is 1. The van der Waals surface area contributed by atoms with Gasteiger partial charge in [-0.2, -0.15) is 0 Å². The SMILES string of the molecule is COc1ccc(OC(=O)Cc2cc3c(cc2Br)OCCO3)c([N+](=O)[O-])c1. The lowest BCUT2D eigenvalue weighted by Crippen LogP contribution is -2.17. The van der Waals surface area contributed by atoms with Gasteiger partial charge in [0.25, 0.3) is 0 Å². The quantitative estimate of drug-likeness (QED) is 0.315. The summed E-state index contributed by atoms with van der Waals surface area (Å²) in [6.07, 6.45) is -0.0968. The zero-order valence-electron chi connectivity index (χ0n) is 13.7. The van der Waals surface area contributed by atoms with E-state index in [4.69, 9.17) is 18.9 Å². The topological polar surface area (TPSA) is 97.1 Å². The molecule has 1 heterocycles. The van der Waals surface area contributed by atoms with E-state index in [1.807, 2.05) is 0 Å². The highest BCUT2D eigenvalue weighted by Gasteiger charge is 2.21. The predicted molar refractivity (Wildman–Crippen MR) is 94.1 cm³/mol. The van der Waals surface area contributed by atoms with Gasteiger partial charge in [-0.15, -0.1) is 0 Å². The minimum atomic E-state index is -0.643. The molecule has 9 heteroatoms. The number of carbonyl (C=O) groups is 1. The van der Waals surface area contributed by atoms with Gasteiger partial charge in [-0.1, -0.05) is 15.9 Å². The van der Waals surface area contributed by atoms with Crippen LogP contribution in [0.15, 0.2) is 34.8 Å². The number of carbonyl (C=O) groups excluding carboxylic acids is 1. The van der Waals surface area contributed by atoms with Crippen LogP contribution in [-0.4, -0.2) is 31.2 Å². The van der Waals surface area contributed by atoms with E-state index in [0.717, 1.165) is 0 Å². The summed E-state index contributed by atoms with van der Waals surface area (Å²) >= 11 is 3.38. The number of rotatable bonds is 5. The van der Waals surface area contributed by atoms with Crippen molar-refractivity contribution >= 4 is 27.6 Å². The van der Waals surface area contributed by atoms with Gasteiger partial charge in [0.15, 0.2) is 11.5 Å². The number of halogens is 1. The van der Waals surface area contributed by atoms with Gasteiger partial charge in [0.05, 0.1) is 24.5 Å². The molecule has 26 heavy (non-hydrogen) atoms. The van der Waals surface area contributed by atoms with Gasteiger partial charge in [-0.05, 0) is 29.8 Å². The van der Waals surface area contributed by atoms with E-state index in [2.05, 4.69) is 15.9 Å². The molecule has 2 aromatic rings. The van der Waals surface area contributed by atoms with Crippen molar-refractivity contribution in [2.75, 3.05) is 20.3 Å². The van der Waals surface area contributed by atoms with Gasteiger partial charge in [0.1, 0.15) is 19.0 Å². The molecule has 2 aromatic carbocycles. The molecule has 0 bridgehead atoms. The van der Waals surface area contributed by atoms with Crippen LogP contribution in [0.4, 0.5) is 5.69 Å². The standard InChI is InChI=1S/C17H14BrNO7/c1-23-11-2-3-14(13(8-11)19(21)22)26-17(20)7-10-6-15-16(9-12(10)18)25-5-4-24-15/h2-3,6,8-9H,4-5,7H2,1H3. The second-order valence-electron chi connectivity index (χ2n) is 5.33. The van der Waals surface area contributed by atoms with Gasteiger partial charge in [0.2, 0.25) is 5.75 Å². The number of nitrogens with zero attached hydrogens (tertiary/aromatic N) is 1. The zero-order chi connectivity index (χ0) is 18.7. The van der Waals surface area contributed by atoms with Crippen molar-refractivity contribution in [3.05, 3.63) is 50.5 Å². The average molecular weight is 424 g/mol. The molecule has 3 rings (SSSR count). The van der Waals surface area contributed by atoms with Crippen molar-refractivity contribution in [3.8, 4) is 23.0 Å². The molecule has 1 aliphatic heterocycles. The summed E-state index contributed by atoms with van der Waals surface area (Å²) < 4.78 is 21.7. The molecule has 136 valence electrons. The van der Waals surface area contributed by atoms with Crippen LogP contribution in [0.25, 0.3) is 0 Å². The number of nitro benzene ring substituents is 1. The van der Waals surface area contributed by atoms with Gasteiger partial charge in [0, 0.05) is 4.47 Å². The molecule has 0 spiro atoms. The highest BCUT2D eigenvalue weighted by Crippen LogP contribution is 2.36. The lowest BCUT2D eigenvalue weighted by atomic mass is 10.1. The summed E-state index contributed by atoms with van der Waals surface area (Å²) in [6.45, 7) is 0.887. The van der Waals surface area contributed by atoms with Crippen LogP contribution in [0.3, 0.4) is 0 Å². The minimum absolute atomic E-state index is 0.0968. The summed E-state index contributed by atoms with van der Waals surface area (Å²) in [5.74, 6) is 0.639. The van der Waals surface area contributed by atoms with Crippen LogP contribution in [0.2, 0.25) is 0 Å². The molecule has 0 saturated carbocycles. The van der Waals surface area contributed by atoms with E-state index >= 15 is 0 Å². The second kappa shape index (κ2) is 7.61. The highest BCUT2D eigenvalue weighted by atomic mass is 79.9. The Kier molecular flexibility index (Phi) is 5.27. The van der Waals surface area contributed by atoms with Gasteiger partial charge in [-0.3, -0.25) is 14.9 Å². The normalized spacial score (nSPS) is 12.4. The van der Waals surface area contributed by atoms with Crippen molar-refractivity contribution in [2.24, 2.45) is 0 Å². The molecular weight excluding hydrogens is 410 g/mol. The molecule has 8 nitrogen and oxygen atoms in total. The number of nitro groups is 1. The third-order valence-corrected chi connectivity index (χ3v) is 4.37. The molecule has 0 saturated heterocycles. The Hall–Kier alpha value is -2.81. The van der Waals surface area contributed by atoms with Crippen molar-refractivity contribution in [1.82, 2.24) is 0 Å². The third kappa shape index (κ3) is 3.88. The molecule has 0 unspecified atom stereocenters. The fourth-order valence-corrected chi connectivity index (χ4v) is 2.87.